The molecule has 1 saturated heterocycles. The minimum absolute atomic E-state index is 0.0756. The van der Waals surface area contributed by atoms with E-state index in [9.17, 15) is 14.0 Å². The van der Waals surface area contributed by atoms with Crippen molar-refractivity contribution in [2.45, 2.75) is 39.8 Å². The monoisotopic (exact) mass is 507 g/mol. The molecule has 37 heavy (non-hydrogen) atoms. The van der Waals surface area contributed by atoms with E-state index in [-0.39, 0.29) is 36.0 Å². The van der Waals surface area contributed by atoms with Crippen LogP contribution in [-0.4, -0.2) is 65.8 Å². The van der Waals surface area contributed by atoms with Crippen LogP contribution >= 0.6 is 0 Å². The molecule has 0 aromatic heterocycles. The number of hydrogen-bond acceptors (Lipinski definition) is 4. The molecule has 198 valence electrons. The summed E-state index contributed by atoms with van der Waals surface area (Å²) in [7, 11) is 0. The maximum atomic E-state index is 13.5. The van der Waals surface area contributed by atoms with Crippen LogP contribution in [0, 0.1) is 17.7 Å². The van der Waals surface area contributed by atoms with Crippen molar-refractivity contribution in [3.63, 3.8) is 0 Å². The standard InChI is InChI=1S/C30H38FN3O3/c1-3-33(4-2)29(35)18-24-15-16-34-21-25(24)9-7-17-37-28-10-6-5-8-26(28)20-32(22-30(34)36)19-23-11-13-27(31)14-12-23/h5-14,24-25H,3-4,15-22H2,1-2H3/t24-,25-/m0/s1. The Morgan fingerprint density at radius 3 is 2.59 bits per heavy atom. The number of amides is 2. The highest BCUT2D eigenvalue weighted by Crippen LogP contribution is 2.30. The number of nitrogens with zero attached hydrogens (tertiary/aromatic N) is 3. The van der Waals surface area contributed by atoms with Gasteiger partial charge in [0.1, 0.15) is 18.2 Å². The van der Waals surface area contributed by atoms with Crippen molar-refractivity contribution in [2.75, 3.05) is 39.3 Å². The van der Waals surface area contributed by atoms with Gasteiger partial charge in [0.25, 0.3) is 0 Å². The van der Waals surface area contributed by atoms with Crippen molar-refractivity contribution in [1.82, 2.24) is 14.7 Å². The largest absolute Gasteiger partial charge is 0.489 e. The lowest BCUT2D eigenvalue weighted by atomic mass is 9.82. The molecule has 0 unspecified atom stereocenters. The first kappa shape index (κ1) is 26.9. The van der Waals surface area contributed by atoms with Crippen LogP contribution in [0.1, 0.15) is 37.8 Å². The highest BCUT2D eigenvalue weighted by Gasteiger charge is 2.32. The Morgan fingerprint density at radius 2 is 1.84 bits per heavy atom. The molecule has 2 amide bonds. The molecule has 2 aliphatic heterocycles. The maximum absolute atomic E-state index is 13.5. The van der Waals surface area contributed by atoms with E-state index in [1.165, 1.54) is 12.1 Å². The molecule has 6 nitrogen and oxygen atoms in total. The zero-order valence-electron chi connectivity index (χ0n) is 21.9. The van der Waals surface area contributed by atoms with Crippen LogP contribution in [0.15, 0.2) is 60.7 Å². The molecule has 7 heteroatoms. The highest BCUT2D eigenvalue weighted by atomic mass is 19.1. The number of halogens is 1. The summed E-state index contributed by atoms with van der Waals surface area (Å²) >= 11 is 0. The third kappa shape index (κ3) is 7.19. The molecule has 0 spiro atoms. The normalized spacial score (nSPS) is 20.7. The number of fused-ring (bicyclic) bond motifs is 3. The third-order valence-electron chi connectivity index (χ3n) is 7.48. The second-order valence-corrected chi connectivity index (χ2v) is 9.94. The highest BCUT2D eigenvalue weighted by molar-refractivity contribution is 5.79. The molecule has 4 rings (SSSR count). The average molecular weight is 508 g/mol. The zero-order valence-corrected chi connectivity index (χ0v) is 21.9. The van der Waals surface area contributed by atoms with Gasteiger partial charge in [-0.2, -0.15) is 0 Å². The molecule has 2 aromatic rings. The van der Waals surface area contributed by atoms with E-state index in [4.69, 9.17) is 4.74 Å². The molecule has 2 atom stereocenters. The third-order valence-corrected chi connectivity index (χ3v) is 7.48. The minimum atomic E-state index is -0.274. The quantitative estimate of drug-likeness (QED) is 0.541. The van der Waals surface area contributed by atoms with Gasteiger partial charge in [0.15, 0.2) is 0 Å². The molecule has 2 aliphatic rings. The second-order valence-electron chi connectivity index (χ2n) is 9.94. The Morgan fingerprint density at radius 1 is 1.08 bits per heavy atom. The molecule has 1 fully saturated rings. The fourth-order valence-electron chi connectivity index (χ4n) is 5.35. The molecule has 0 N–H and O–H groups in total. The number of carbonyl (C=O) groups is 2. The lowest BCUT2D eigenvalue weighted by Gasteiger charge is -2.38. The lowest BCUT2D eigenvalue weighted by Crippen LogP contribution is -2.48. The van der Waals surface area contributed by atoms with Crippen molar-refractivity contribution < 1.29 is 18.7 Å². The van der Waals surface area contributed by atoms with Crippen molar-refractivity contribution in [3.05, 3.63) is 77.6 Å². The van der Waals surface area contributed by atoms with Crippen LogP contribution in [0.25, 0.3) is 0 Å². The molecule has 2 heterocycles. The SMILES string of the molecule is CCN(CC)C(=O)C[C@@H]1CCN2C[C@@H]1C=CCOc1ccccc1CN(Cc1ccc(F)cc1)CC2=O. The van der Waals surface area contributed by atoms with Crippen molar-refractivity contribution in [2.24, 2.45) is 11.8 Å². The predicted octanol–water partition coefficient (Wildman–Crippen LogP) is 4.50. The van der Waals surface area contributed by atoms with Gasteiger partial charge in [-0.3, -0.25) is 14.5 Å². The van der Waals surface area contributed by atoms with E-state index in [2.05, 4.69) is 11.0 Å². The maximum Gasteiger partial charge on any atom is 0.236 e. The molecule has 2 aromatic carbocycles. The second kappa shape index (κ2) is 12.9. The predicted molar refractivity (Wildman–Crippen MR) is 142 cm³/mol. The summed E-state index contributed by atoms with van der Waals surface area (Å²) < 4.78 is 19.6. The molecule has 2 bridgehead atoms. The number of carbonyl (C=O) groups excluding carboxylic acids is 2. The zero-order chi connectivity index (χ0) is 26.2. The van der Waals surface area contributed by atoms with Gasteiger partial charge in [-0.05, 0) is 55.9 Å². The number of piperidine rings is 1. The van der Waals surface area contributed by atoms with Crippen molar-refractivity contribution in [1.29, 1.82) is 0 Å². The molecule has 0 aliphatic carbocycles. The summed E-state index contributed by atoms with van der Waals surface area (Å²) in [4.78, 5) is 32.3. The first-order valence-corrected chi connectivity index (χ1v) is 13.4. The van der Waals surface area contributed by atoms with Gasteiger partial charge in [0.05, 0.1) is 6.54 Å². The number of para-hydroxylation sites is 1. The topological polar surface area (TPSA) is 53.1 Å². The van der Waals surface area contributed by atoms with E-state index in [1.54, 1.807) is 12.1 Å². The van der Waals surface area contributed by atoms with Crippen molar-refractivity contribution >= 4 is 11.8 Å². The van der Waals surface area contributed by atoms with Gasteiger partial charge in [-0.1, -0.05) is 42.5 Å². The number of benzene rings is 2. The Kier molecular flexibility index (Phi) is 9.34. The van der Waals surface area contributed by atoms with Gasteiger partial charge < -0.3 is 14.5 Å². The first-order chi connectivity index (χ1) is 18.0. The molecular weight excluding hydrogens is 469 g/mol. The Labute approximate surface area is 219 Å². The van der Waals surface area contributed by atoms with E-state index >= 15 is 0 Å². The Bertz CT molecular complexity index is 1080. The fourth-order valence-corrected chi connectivity index (χ4v) is 5.35. The van der Waals surface area contributed by atoms with Gasteiger partial charge >= 0.3 is 0 Å². The number of rotatable bonds is 6. The molecule has 0 saturated carbocycles. The van der Waals surface area contributed by atoms with Gasteiger partial charge in [-0.25, -0.2) is 4.39 Å². The van der Waals surface area contributed by atoms with E-state index < -0.39 is 0 Å². The van der Waals surface area contributed by atoms with Gasteiger partial charge in [0.2, 0.25) is 11.8 Å². The number of hydrogen-bond donors (Lipinski definition) is 0. The van der Waals surface area contributed by atoms with Crippen LogP contribution in [0.3, 0.4) is 0 Å². The van der Waals surface area contributed by atoms with E-state index in [0.29, 0.717) is 52.3 Å². The van der Waals surface area contributed by atoms with Gasteiger partial charge in [0, 0.05) is 51.3 Å². The van der Waals surface area contributed by atoms with Crippen LogP contribution in [-0.2, 0) is 22.7 Å². The molecular formula is C30H38FN3O3. The van der Waals surface area contributed by atoms with Crippen LogP contribution in [0.5, 0.6) is 5.75 Å². The smallest absolute Gasteiger partial charge is 0.236 e. The van der Waals surface area contributed by atoms with Crippen LogP contribution in [0.4, 0.5) is 4.39 Å². The lowest BCUT2D eigenvalue weighted by molar-refractivity contribution is -0.136. The summed E-state index contributed by atoms with van der Waals surface area (Å²) in [5, 5.41) is 0. The summed E-state index contributed by atoms with van der Waals surface area (Å²) in [5.74, 6) is 1.07. The van der Waals surface area contributed by atoms with Gasteiger partial charge in [-0.15, -0.1) is 0 Å². The van der Waals surface area contributed by atoms with Crippen LogP contribution < -0.4 is 4.74 Å². The molecule has 0 radical (unpaired) electrons. The summed E-state index contributed by atoms with van der Waals surface area (Å²) in [6.07, 6.45) is 5.46. The summed E-state index contributed by atoms with van der Waals surface area (Å²) in [6, 6.07) is 14.3. The Hall–Kier alpha value is -3.19. The average Bonchev–Trinajstić information content (AvgIpc) is 2.90. The Balaban J connectivity index is 1.56. The van der Waals surface area contributed by atoms with E-state index in [1.807, 2.05) is 54.0 Å². The fraction of sp³-hybridized carbons (Fsp3) is 0.467. The van der Waals surface area contributed by atoms with Crippen LogP contribution in [0.2, 0.25) is 0 Å². The summed E-state index contributed by atoms with van der Waals surface area (Å²) in [5.41, 5.74) is 1.95. The summed E-state index contributed by atoms with van der Waals surface area (Å²) in [6.45, 7) is 8.44. The van der Waals surface area contributed by atoms with Crippen molar-refractivity contribution in [3.8, 4) is 5.75 Å². The van der Waals surface area contributed by atoms with E-state index in [0.717, 1.165) is 23.3 Å². The number of ether oxygens (including phenoxy) is 1. The minimum Gasteiger partial charge on any atom is -0.489 e. The first-order valence-electron chi connectivity index (χ1n) is 13.4.